The Morgan fingerprint density at radius 1 is 1.47 bits per heavy atom. The molecule has 1 saturated heterocycles. The third-order valence-corrected chi connectivity index (χ3v) is 3.07. The highest BCUT2D eigenvalue weighted by molar-refractivity contribution is 5.86. The molecule has 0 aromatic rings. The lowest BCUT2D eigenvalue weighted by molar-refractivity contribution is -0.141. The molecule has 3 N–H and O–H groups in total. The van der Waals surface area contributed by atoms with Crippen molar-refractivity contribution in [3.63, 3.8) is 0 Å². The number of hydrogen-bond acceptors (Lipinski definition) is 3. The van der Waals surface area contributed by atoms with Crippen molar-refractivity contribution in [2.75, 3.05) is 19.6 Å². The third kappa shape index (κ3) is 4.73. The van der Waals surface area contributed by atoms with Crippen LogP contribution >= 0.6 is 0 Å². The molecule has 0 spiro atoms. The predicted molar refractivity (Wildman–Crippen MR) is 66.3 cm³/mol. The molecule has 5 nitrogen and oxygen atoms in total. The molecule has 0 aromatic heterocycles. The van der Waals surface area contributed by atoms with Gasteiger partial charge in [-0.25, -0.2) is 0 Å². The smallest absolute Gasteiger partial charge is 0.239 e. The maximum atomic E-state index is 12.0. The van der Waals surface area contributed by atoms with Crippen molar-refractivity contribution < 1.29 is 9.59 Å². The van der Waals surface area contributed by atoms with Gasteiger partial charge in [0.1, 0.15) is 0 Å². The highest BCUT2D eigenvalue weighted by atomic mass is 16.2. The molecule has 0 radical (unpaired) electrons. The van der Waals surface area contributed by atoms with E-state index in [1.807, 2.05) is 13.8 Å². The molecule has 0 saturated carbocycles. The van der Waals surface area contributed by atoms with Crippen LogP contribution in [0.3, 0.4) is 0 Å². The molecule has 1 aliphatic heterocycles. The third-order valence-electron chi connectivity index (χ3n) is 3.07. The van der Waals surface area contributed by atoms with Crippen LogP contribution in [-0.4, -0.2) is 42.4 Å². The number of carbonyl (C=O) groups excluding carboxylic acids is 2. The van der Waals surface area contributed by atoms with E-state index in [2.05, 4.69) is 5.32 Å². The zero-order valence-electron chi connectivity index (χ0n) is 10.7. The number of carbonyl (C=O) groups is 2. The highest BCUT2D eigenvalue weighted by Gasteiger charge is 2.24. The van der Waals surface area contributed by atoms with Gasteiger partial charge in [0.25, 0.3) is 0 Å². The van der Waals surface area contributed by atoms with Crippen molar-refractivity contribution in [1.29, 1.82) is 0 Å². The Morgan fingerprint density at radius 3 is 2.76 bits per heavy atom. The Labute approximate surface area is 103 Å². The van der Waals surface area contributed by atoms with Gasteiger partial charge in [-0.05, 0) is 19.8 Å². The van der Waals surface area contributed by atoms with Crippen LogP contribution in [0.25, 0.3) is 0 Å². The topological polar surface area (TPSA) is 75.4 Å². The Morgan fingerprint density at radius 2 is 2.18 bits per heavy atom. The molecule has 2 unspecified atom stereocenters. The Kier molecular flexibility index (Phi) is 5.41. The zero-order chi connectivity index (χ0) is 12.8. The number of hydrogen-bond donors (Lipinski definition) is 2. The van der Waals surface area contributed by atoms with Crippen LogP contribution in [-0.2, 0) is 9.59 Å². The minimum absolute atomic E-state index is 0.0142. The number of nitrogens with two attached hydrogens (primary N) is 1. The molecular formula is C12H23N3O2. The standard InChI is InChI=1S/C12H23N3O2/c1-9(4-3-5-10(2)13)12(17)15-7-6-14-11(16)8-15/h9-10H,3-8,13H2,1-2H3,(H,14,16). The molecule has 2 atom stereocenters. The monoisotopic (exact) mass is 241 g/mol. The average Bonchev–Trinajstić information content (AvgIpc) is 2.27. The summed E-state index contributed by atoms with van der Waals surface area (Å²) in [6.07, 6.45) is 2.75. The average molecular weight is 241 g/mol. The minimum atomic E-state index is -0.0626. The maximum Gasteiger partial charge on any atom is 0.239 e. The van der Waals surface area contributed by atoms with E-state index < -0.39 is 0 Å². The second-order valence-electron chi connectivity index (χ2n) is 4.92. The summed E-state index contributed by atoms with van der Waals surface area (Å²) in [7, 11) is 0. The fourth-order valence-electron chi connectivity index (χ4n) is 2.01. The molecule has 0 aliphatic carbocycles. The van der Waals surface area contributed by atoms with Crippen LogP contribution in [0, 0.1) is 5.92 Å². The Bertz CT molecular complexity index is 279. The summed E-state index contributed by atoms with van der Waals surface area (Å²) in [6.45, 7) is 5.30. The number of piperazine rings is 1. The molecule has 1 fully saturated rings. The van der Waals surface area contributed by atoms with Crippen molar-refractivity contribution in [3.8, 4) is 0 Å². The van der Waals surface area contributed by atoms with Crippen LogP contribution in [0.15, 0.2) is 0 Å². The van der Waals surface area contributed by atoms with E-state index in [1.54, 1.807) is 4.90 Å². The number of rotatable bonds is 5. The molecule has 2 amide bonds. The van der Waals surface area contributed by atoms with Crippen LogP contribution in [0.4, 0.5) is 0 Å². The zero-order valence-corrected chi connectivity index (χ0v) is 10.7. The van der Waals surface area contributed by atoms with Gasteiger partial charge >= 0.3 is 0 Å². The second kappa shape index (κ2) is 6.59. The van der Waals surface area contributed by atoms with Crippen molar-refractivity contribution in [2.24, 2.45) is 11.7 Å². The van der Waals surface area contributed by atoms with Gasteiger partial charge < -0.3 is 16.0 Å². The van der Waals surface area contributed by atoms with E-state index in [0.717, 1.165) is 19.3 Å². The number of nitrogens with one attached hydrogen (secondary N) is 1. The van der Waals surface area contributed by atoms with E-state index in [1.165, 1.54) is 0 Å². The second-order valence-corrected chi connectivity index (χ2v) is 4.92. The normalized spacial score (nSPS) is 19.7. The van der Waals surface area contributed by atoms with Gasteiger partial charge in [-0.2, -0.15) is 0 Å². The van der Waals surface area contributed by atoms with Gasteiger partial charge in [0.2, 0.25) is 11.8 Å². The molecule has 1 aliphatic rings. The molecule has 17 heavy (non-hydrogen) atoms. The molecule has 5 heteroatoms. The van der Waals surface area contributed by atoms with E-state index in [4.69, 9.17) is 5.73 Å². The van der Waals surface area contributed by atoms with Crippen molar-refractivity contribution >= 4 is 11.8 Å². The lowest BCUT2D eigenvalue weighted by Crippen LogP contribution is -2.51. The number of amides is 2. The van der Waals surface area contributed by atoms with E-state index >= 15 is 0 Å². The van der Waals surface area contributed by atoms with Crippen molar-refractivity contribution in [1.82, 2.24) is 10.2 Å². The van der Waals surface area contributed by atoms with Gasteiger partial charge in [0, 0.05) is 25.0 Å². The summed E-state index contributed by atoms with van der Waals surface area (Å²) in [5.41, 5.74) is 5.67. The van der Waals surface area contributed by atoms with E-state index in [0.29, 0.717) is 13.1 Å². The largest absolute Gasteiger partial charge is 0.353 e. The van der Waals surface area contributed by atoms with Gasteiger partial charge in [-0.15, -0.1) is 0 Å². The van der Waals surface area contributed by atoms with E-state index in [-0.39, 0.29) is 30.3 Å². The first-order chi connectivity index (χ1) is 8.00. The van der Waals surface area contributed by atoms with Crippen molar-refractivity contribution in [2.45, 2.75) is 39.2 Å². The molecule has 98 valence electrons. The van der Waals surface area contributed by atoms with Crippen LogP contribution in [0.2, 0.25) is 0 Å². The molecule has 0 bridgehead atoms. The summed E-state index contributed by atoms with van der Waals surface area (Å²) in [4.78, 5) is 24.9. The number of nitrogens with zero attached hydrogens (tertiary/aromatic N) is 1. The first-order valence-electron chi connectivity index (χ1n) is 6.31. The van der Waals surface area contributed by atoms with Gasteiger partial charge in [0.15, 0.2) is 0 Å². The summed E-state index contributed by atoms with van der Waals surface area (Å²) >= 11 is 0. The minimum Gasteiger partial charge on any atom is -0.353 e. The first-order valence-corrected chi connectivity index (χ1v) is 6.31. The highest BCUT2D eigenvalue weighted by Crippen LogP contribution is 2.13. The molecule has 0 aromatic carbocycles. The summed E-state index contributed by atoms with van der Waals surface area (Å²) < 4.78 is 0. The van der Waals surface area contributed by atoms with Gasteiger partial charge in [-0.3, -0.25) is 9.59 Å². The summed E-state index contributed by atoms with van der Waals surface area (Å²) in [6, 6.07) is 0.193. The van der Waals surface area contributed by atoms with E-state index in [9.17, 15) is 9.59 Å². The van der Waals surface area contributed by atoms with Crippen LogP contribution in [0.1, 0.15) is 33.1 Å². The maximum absolute atomic E-state index is 12.0. The molecule has 1 heterocycles. The fraction of sp³-hybridized carbons (Fsp3) is 0.833. The lowest BCUT2D eigenvalue weighted by Gasteiger charge is -2.29. The first kappa shape index (κ1) is 14.0. The van der Waals surface area contributed by atoms with Gasteiger partial charge in [0.05, 0.1) is 6.54 Å². The summed E-state index contributed by atoms with van der Waals surface area (Å²) in [5.74, 6) is 0.0107. The van der Waals surface area contributed by atoms with Crippen LogP contribution < -0.4 is 11.1 Å². The van der Waals surface area contributed by atoms with Crippen molar-refractivity contribution in [3.05, 3.63) is 0 Å². The van der Waals surface area contributed by atoms with Gasteiger partial charge in [-0.1, -0.05) is 13.3 Å². The SMILES string of the molecule is CC(N)CCCC(C)C(=O)N1CCNC(=O)C1. The Hall–Kier alpha value is -1.10. The quantitative estimate of drug-likeness (QED) is 0.716. The predicted octanol–water partition coefficient (Wildman–Crippen LogP) is 0.0984. The fourth-order valence-corrected chi connectivity index (χ4v) is 2.01. The molecular weight excluding hydrogens is 218 g/mol. The Balaban J connectivity index is 2.32. The molecule has 1 rings (SSSR count). The lowest BCUT2D eigenvalue weighted by atomic mass is 10.0. The van der Waals surface area contributed by atoms with Crippen LogP contribution in [0.5, 0.6) is 0 Å². The summed E-state index contributed by atoms with van der Waals surface area (Å²) in [5, 5.41) is 2.71.